The van der Waals surface area contributed by atoms with Crippen LogP contribution in [0.25, 0.3) is 0 Å². The summed E-state index contributed by atoms with van der Waals surface area (Å²) in [6.07, 6.45) is 1.90. The van der Waals surface area contributed by atoms with Crippen LogP contribution in [0.4, 0.5) is 0 Å². The van der Waals surface area contributed by atoms with Gasteiger partial charge >= 0.3 is 0 Å². The van der Waals surface area contributed by atoms with Crippen LogP contribution in [-0.2, 0) is 4.79 Å². The first-order valence-electron chi connectivity index (χ1n) is 8.65. The molecule has 1 aromatic heterocycles. The number of nitrogens with zero attached hydrogens (tertiary/aromatic N) is 5. The summed E-state index contributed by atoms with van der Waals surface area (Å²) >= 11 is 0. The lowest BCUT2D eigenvalue weighted by molar-refractivity contribution is -0.131. The van der Waals surface area contributed by atoms with E-state index in [1.165, 1.54) is 0 Å². The first-order chi connectivity index (χ1) is 12.0. The molecule has 3 heterocycles. The van der Waals surface area contributed by atoms with Crippen molar-refractivity contribution in [2.24, 2.45) is 0 Å². The lowest BCUT2D eigenvalue weighted by atomic mass is 9.86. The number of carbonyl (C=O) groups is 2. The maximum absolute atomic E-state index is 12.8. The maximum atomic E-state index is 12.8. The molecule has 1 aromatic rings. The normalized spacial score (nSPS) is 25.5. The Morgan fingerprint density at radius 3 is 2.76 bits per heavy atom. The second kappa shape index (κ2) is 7.09. The average Bonchev–Trinajstić information content (AvgIpc) is 2.97. The third-order valence-corrected chi connectivity index (χ3v) is 5.52. The second-order valence-electron chi connectivity index (χ2n) is 6.93. The monoisotopic (exact) mass is 351 g/mol. The number of likely N-dealkylation sites (N-methyl/N-ethyl adjacent to an activating group) is 1. The van der Waals surface area contributed by atoms with Crippen molar-refractivity contribution < 1.29 is 19.3 Å². The van der Waals surface area contributed by atoms with Crippen molar-refractivity contribution >= 4 is 11.8 Å². The van der Waals surface area contributed by atoms with E-state index in [0.29, 0.717) is 44.7 Å². The van der Waals surface area contributed by atoms with Gasteiger partial charge in [-0.1, -0.05) is 5.16 Å². The molecule has 3 rings (SSSR count). The molecule has 0 unspecified atom stereocenters. The molecule has 0 aliphatic carbocycles. The van der Waals surface area contributed by atoms with Gasteiger partial charge in [-0.3, -0.25) is 14.5 Å². The van der Waals surface area contributed by atoms with Crippen molar-refractivity contribution in [2.75, 3.05) is 46.4 Å². The number of aromatic nitrogens is 2. The van der Waals surface area contributed by atoms with Gasteiger partial charge in [0, 0.05) is 44.7 Å². The van der Waals surface area contributed by atoms with Crippen LogP contribution in [0.2, 0.25) is 0 Å². The average molecular weight is 351 g/mol. The molecule has 0 radical (unpaired) electrons. The number of amides is 2. The van der Waals surface area contributed by atoms with Gasteiger partial charge < -0.3 is 14.9 Å². The van der Waals surface area contributed by atoms with Gasteiger partial charge in [0.15, 0.2) is 5.69 Å². The molecule has 9 heteroatoms. The number of likely N-dealkylation sites (tertiary alicyclic amines) is 1. The molecule has 2 saturated heterocycles. The second-order valence-corrected chi connectivity index (χ2v) is 6.93. The highest BCUT2D eigenvalue weighted by Crippen LogP contribution is 2.32. The molecular weight excluding hydrogens is 326 g/mol. The fourth-order valence-corrected chi connectivity index (χ4v) is 3.80. The van der Waals surface area contributed by atoms with Crippen LogP contribution in [0.1, 0.15) is 35.4 Å². The predicted octanol–water partition coefficient (Wildman–Crippen LogP) is -0.491. The van der Waals surface area contributed by atoms with Crippen LogP contribution < -0.4 is 0 Å². The summed E-state index contributed by atoms with van der Waals surface area (Å²) < 4.78 is 4.66. The van der Waals surface area contributed by atoms with Crippen molar-refractivity contribution in [3.05, 3.63) is 11.4 Å². The Kier molecular flexibility index (Phi) is 5.05. The van der Waals surface area contributed by atoms with E-state index >= 15 is 0 Å². The van der Waals surface area contributed by atoms with E-state index in [1.54, 1.807) is 16.7 Å². The van der Waals surface area contributed by atoms with E-state index in [0.717, 1.165) is 13.0 Å². The maximum Gasteiger partial charge on any atom is 0.278 e. The number of carbonyl (C=O) groups excluding carboxylic acids is 2. The minimum atomic E-state index is -0.237. The third-order valence-electron chi connectivity index (χ3n) is 5.52. The van der Waals surface area contributed by atoms with E-state index < -0.39 is 0 Å². The zero-order valence-corrected chi connectivity index (χ0v) is 14.8. The molecular formula is C16H25N5O4. The van der Waals surface area contributed by atoms with Crippen LogP contribution in [0.3, 0.4) is 0 Å². The number of aliphatic hydroxyl groups is 1. The minimum Gasteiger partial charge on any atom is -0.395 e. The van der Waals surface area contributed by atoms with Crippen LogP contribution in [-0.4, -0.2) is 93.9 Å². The van der Waals surface area contributed by atoms with Crippen LogP contribution >= 0.6 is 0 Å². The van der Waals surface area contributed by atoms with E-state index in [2.05, 4.69) is 26.9 Å². The van der Waals surface area contributed by atoms with E-state index in [9.17, 15) is 9.59 Å². The quantitative estimate of drug-likeness (QED) is 0.784. The van der Waals surface area contributed by atoms with Crippen molar-refractivity contribution in [2.45, 2.75) is 31.7 Å². The summed E-state index contributed by atoms with van der Waals surface area (Å²) in [5, 5.41) is 16.6. The van der Waals surface area contributed by atoms with Gasteiger partial charge in [0.1, 0.15) is 5.69 Å². The van der Waals surface area contributed by atoms with E-state index in [1.807, 2.05) is 0 Å². The van der Waals surface area contributed by atoms with Crippen LogP contribution in [0, 0.1) is 6.92 Å². The predicted molar refractivity (Wildman–Crippen MR) is 87.8 cm³/mol. The summed E-state index contributed by atoms with van der Waals surface area (Å²) in [6, 6.07) is 0. The highest BCUT2D eigenvalue weighted by Gasteiger charge is 2.44. The van der Waals surface area contributed by atoms with Crippen LogP contribution in [0.15, 0.2) is 4.63 Å². The van der Waals surface area contributed by atoms with Crippen molar-refractivity contribution in [3.63, 3.8) is 0 Å². The zero-order chi connectivity index (χ0) is 18.0. The minimum absolute atomic E-state index is 0.0301. The molecule has 25 heavy (non-hydrogen) atoms. The topological polar surface area (TPSA) is 103 Å². The lowest BCUT2D eigenvalue weighted by Gasteiger charge is -2.49. The molecule has 0 aromatic carbocycles. The number of hydrogen-bond acceptors (Lipinski definition) is 7. The van der Waals surface area contributed by atoms with Gasteiger partial charge in [0.2, 0.25) is 5.91 Å². The summed E-state index contributed by atoms with van der Waals surface area (Å²) in [5.74, 6) is -0.103. The van der Waals surface area contributed by atoms with Crippen molar-refractivity contribution in [1.82, 2.24) is 25.0 Å². The molecule has 9 nitrogen and oxygen atoms in total. The number of aliphatic hydroxyl groups excluding tert-OH is 1. The Morgan fingerprint density at radius 2 is 2.08 bits per heavy atom. The largest absolute Gasteiger partial charge is 0.395 e. The molecule has 2 aliphatic heterocycles. The number of rotatable bonds is 3. The Labute approximate surface area is 146 Å². The van der Waals surface area contributed by atoms with E-state index in [-0.39, 0.29) is 29.7 Å². The molecule has 138 valence electrons. The molecule has 0 saturated carbocycles. The molecule has 2 fully saturated rings. The standard InChI is InChI=1S/C16H25N5O4/c1-12-14(18-25-17-12)15(24)21-8-7-19(2)16(11-21)4-3-13(23)20(6-5-16)9-10-22/h22H,3-11H2,1-2H3/t16-/m1/s1. The fourth-order valence-electron chi connectivity index (χ4n) is 3.80. The van der Waals surface area contributed by atoms with Gasteiger partial charge in [0.25, 0.3) is 5.91 Å². The van der Waals surface area contributed by atoms with Gasteiger partial charge in [0.05, 0.1) is 6.61 Å². The summed E-state index contributed by atoms with van der Waals surface area (Å²) in [5.41, 5.74) is 0.508. The fraction of sp³-hybridized carbons (Fsp3) is 0.750. The number of β-amino-alcohol motifs (C(OH)–C–C–N with tert-alkyl or cyclic N) is 1. The summed E-state index contributed by atoms with van der Waals surface area (Å²) in [7, 11) is 2.05. The Hall–Kier alpha value is -2.00. The van der Waals surface area contributed by atoms with Gasteiger partial charge in [-0.15, -0.1) is 0 Å². The van der Waals surface area contributed by atoms with Gasteiger partial charge in [-0.05, 0) is 32.0 Å². The smallest absolute Gasteiger partial charge is 0.278 e. The molecule has 2 aliphatic rings. The number of aryl methyl sites for hydroxylation is 1. The Bertz CT molecular complexity index is 648. The van der Waals surface area contributed by atoms with Gasteiger partial charge in [-0.25, -0.2) is 4.63 Å². The molecule has 1 atom stereocenters. The van der Waals surface area contributed by atoms with E-state index in [4.69, 9.17) is 5.11 Å². The molecule has 1 N–H and O–H groups in total. The molecule has 2 amide bonds. The molecule has 0 bridgehead atoms. The Morgan fingerprint density at radius 1 is 1.28 bits per heavy atom. The lowest BCUT2D eigenvalue weighted by Crippen LogP contribution is -2.62. The highest BCUT2D eigenvalue weighted by atomic mass is 16.6. The van der Waals surface area contributed by atoms with Gasteiger partial charge in [-0.2, -0.15) is 0 Å². The summed E-state index contributed by atoms with van der Waals surface area (Å²) in [4.78, 5) is 30.8. The van der Waals surface area contributed by atoms with Crippen molar-refractivity contribution in [3.8, 4) is 0 Å². The number of piperazine rings is 1. The summed E-state index contributed by atoms with van der Waals surface area (Å²) in [6.45, 7) is 4.53. The Balaban J connectivity index is 1.77. The SMILES string of the molecule is Cc1nonc1C(=O)N1CCN(C)[C@@]2(CCC(=O)N(CCO)CC2)C1. The van der Waals surface area contributed by atoms with Crippen molar-refractivity contribution in [1.29, 1.82) is 0 Å². The first kappa shape index (κ1) is 17.8. The van der Waals surface area contributed by atoms with Crippen LogP contribution in [0.5, 0.6) is 0 Å². The highest BCUT2D eigenvalue weighted by molar-refractivity contribution is 5.93. The molecule has 1 spiro atoms. The third kappa shape index (κ3) is 3.38. The number of hydrogen-bond donors (Lipinski definition) is 1. The zero-order valence-electron chi connectivity index (χ0n) is 14.8. The first-order valence-corrected chi connectivity index (χ1v) is 8.65.